The van der Waals surface area contributed by atoms with E-state index in [0.29, 0.717) is 45.1 Å². The molecule has 0 bridgehead atoms. The third-order valence-corrected chi connectivity index (χ3v) is 19.1. The van der Waals surface area contributed by atoms with Gasteiger partial charge < -0.3 is 129 Å². The van der Waals surface area contributed by atoms with Gasteiger partial charge in [-0.1, -0.05) is 34.1 Å². The molecule has 16 amide bonds. The first-order chi connectivity index (χ1) is 53.6. The van der Waals surface area contributed by atoms with E-state index in [0.717, 1.165) is 0 Å². The summed E-state index contributed by atoms with van der Waals surface area (Å²) in [7, 11) is 0. The number of rotatable bonds is 54. The Hall–Kier alpha value is -10.4. The van der Waals surface area contributed by atoms with Crippen molar-refractivity contribution >= 4 is 112 Å². The lowest BCUT2D eigenvalue weighted by Gasteiger charge is -2.33. The van der Waals surface area contributed by atoms with E-state index in [9.17, 15) is 96.5 Å². The highest BCUT2D eigenvalue weighted by molar-refractivity contribution is 6.01. The van der Waals surface area contributed by atoms with Crippen molar-refractivity contribution in [2.24, 2.45) is 52.0 Å². The minimum atomic E-state index is -1.55. The second kappa shape index (κ2) is 51.3. The Bertz CT molecular complexity index is 3330. The maximum atomic E-state index is 14.5. The lowest BCUT2D eigenvalue weighted by molar-refractivity contribution is -0.145. The van der Waals surface area contributed by atoms with Crippen LogP contribution in [-0.2, 0) is 86.3 Å². The van der Waals surface area contributed by atoms with Gasteiger partial charge in [0, 0.05) is 38.9 Å². The molecule has 0 aromatic rings. The topological polar surface area (TPSA) is 717 Å². The van der Waals surface area contributed by atoms with Crippen LogP contribution in [0, 0.1) is 17.2 Å². The number of carbonyl (C=O) groups excluding carboxylic acids is 16. The molecule has 2 rings (SSSR count). The summed E-state index contributed by atoms with van der Waals surface area (Å²) < 4.78 is 0. The van der Waals surface area contributed by atoms with Gasteiger partial charge in [0.25, 0.3) is 0 Å². The average molecular weight is 1620 g/mol. The molecule has 0 saturated carbocycles. The van der Waals surface area contributed by atoms with Crippen molar-refractivity contribution in [1.82, 2.24) is 78.9 Å². The molecule has 2 heterocycles. The highest BCUT2D eigenvalue weighted by atomic mass is 16.4. The van der Waals surface area contributed by atoms with Crippen molar-refractivity contribution in [2.75, 3.05) is 39.3 Å². The van der Waals surface area contributed by atoms with Crippen molar-refractivity contribution in [3.63, 3.8) is 0 Å². The summed E-state index contributed by atoms with van der Waals surface area (Å²) >= 11 is 0. The summed E-state index contributed by atoms with van der Waals surface area (Å²) in [5, 5.41) is 59.5. The van der Waals surface area contributed by atoms with Gasteiger partial charge in [-0.2, -0.15) is 0 Å². The number of guanidine groups is 1. The molecule has 0 aromatic heterocycles. The minimum Gasteiger partial charge on any atom is -0.481 e. The second-order valence-corrected chi connectivity index (χ2v) is 29.4. The lowest BCUT2D eigenvalue weighted by Crippen LogP contribution is -2.61. The highest BCUT2D eigenvalue weighted by Crippen LogP contribution is 2.24. The van der Waals surface area contributed by atoms with Crippen LogP contribution in [0.5, 0.6) is 0 Å². The third kappa shape index (κ3) is 35.3. The number of hydrogen-bond donors (Lipinski definition) is 23. The van der Waals surface area contributed by atoms with Gasteiger partial charge in [0.05, 0.1) is 6.04 Å². The molecule has 0 aromatic carbocycles. The van der Waals surface area contributed by atoms with Gasteiger partial charge in [0.1, 0.15) is 84.6 Å². The van der Waals surface area contributed by atoms with E-state index < -0.39 is 228 Å². The van der Waals surface area contributed by atoms with Crippen molar-refractivity contribution in [2.45, 2.75) is 281 Å². The number of amides is 16. The third-order valence-electron chi connectivity index (χ3n) is 19.1. The number of nitrogens with two attached hydrogens (primary N) is 7. The SMILES string of the molecule is CC(C)[C@H](NC(=O)[C@H](CCCCN)NC(=O)[C@H](CCCNC(=N)N)NC(=O)[C@H](C)NC(=O)[C@H](CCCCN)NC(=O)[C@H](C)NC(=O)[C@H](CCC(N)=O)NC(=O)[C@@H]1CCCN1C(=O)[C@@H](NC(=O)[C@@H]1CCCN1C(=O)[C@H](CCC(=O)O)NC(=O)[C@@H](N)CCCCN)C(C)C)C(=O)N[C@@H](C)C(=O)N[C@@H](C)C(=O)N[C@@H](CCC(N)=O)C(=O)O. The fourth-order valence-electron chi connectivity index (χ4n) is 12.4. The zero-order chi connectivity index (χ0) is 86.2. The Morgan fingerprint density at radius 3 is 1.16 bits per heavy atom. The van der Waals surface area contributed by atoms with Gasteiger partial charge in [0.15, 0.2) is 5.96 Å². The standard InChI is InChI=1S/C71H125N23O20/c1-36(2)54(67(110)84-38(5)56(99)81-39(6)59(102)90-48(70(113)114)25-28-52(77)96)91-64(107)44(20-11-14-32-74)87-63(106)45(21-15-33-80-71(78)79)86-58(101)40(7)82-61(104)43(19-10-13-31-73)85-57(100)41(8)83-62(105)46(24-27-51(76)95)88-65(108)49-22-17-35-94(49)69(112)55(37(3)4)92-66(109)50-23-16-34-93(50)68(111)47(26-29-53(97)98)89-60(103)42(75)18-9-12-30-72/h36-50,54-55H,9-35,72-75H2,1-8H3,(H2,76,95)(H2,77,96)(H,81,99)(H,82,104)(H,83,105)(H,84,110)(H,85,100)(H,86,101)(H,87,106)(H,88,108)(H,89,103)(H,90,102)(H,91,107)(H,92,109)(H,97,98)(H,113,114)(H4,78,79,80)/t38-,39-,40-,41-,42-,43-,44-,45-,46-,47-,48-,49-,50-,54-,55-/m0/s1. The molecule has 0 spiro atoms. The summed E-state index contributed by atoms with van der Waals surface area (Å²) in [4.78, 5) is 244. The summed E-state index contributed by atoms with van der Waals surface area (Å²) in [6.07, 6.45) is 1.06. The first kappa shape index (κ1) is 99.6. The van der Waals surface area contributed by atoms with Crippen molar-refractivity contribution in [3.8, 4) is 0 Å². The van der Waals surface area contributed by atoms with E-state index in [-0.39, 0.29) is 116 Å². The molecular weight excluding hydrogens is 1490 g/mol. The van der Waals surface area contributed by atoms with E-state index in [1.807, 2.05) is 0 Å². The monoisotopic (exact) mass is 1620 g/mol. The number of likely N-dealkylation sites (tertiary alicyclic amines) is 2. The van der Waals surface area contributed by atoms with Crippen molar-refractivity contribution < 1.29 is 96.5 Å². The zero-order valence-corrected chi connectivity index (χ0v) is 66.6. The Labute approximate surface area is 663 Å². The van der Waals surface area contributed by atoms with Crippen LogP contribution in [0.15, 0.2) is 0 Å². The number of primary amides is 2. The van der Waals surface area contributed by atoms with E-state index in [1.165, 1.54) is 37.5 Å². The maximum absolute atomic E-state index is 14.5. The molecule has 2 aliphatic heterocycles. The molecule has 43 heteroatoms. The first-order valence-electron chi connectivity index (χ1n) is 38.8. The maximum Gasteiger partial charge on any atom is 0.326 e. The molecule has 644 valence electrons. The molecule has 0 radical (unpaired) electrons. The van der Waals surface area contributed by atoms with Crippen LogP contribution >= 0.6 is 0 Å². The summed E-state index contributed by atoms with van der Waals surface area (Å²) in [5.41, 5.74) is 39.3. The predicted molar refractivity (Wildman–Crippen MR) is 412 cm³/mol. The quantitative estimate of drug-likeness (QED) is 0.0153. The second-order valence-electron chi connectivity index (χ2n) is 29.4. The number of carboxylic acid groups (broad SMARTS) is 2. The largest absolute Gasteiger partial charge is 0.481 e. The average Bonchev–Trinajstić information content (AvgIpc) is 1.64. The number of nitrogens with one attached hydrogen (secondary N) is 14. The van der Waals surface area contributed by atoms with Crippen LogP contribution < -0.4 is 109 Å². The smallest absolute Gasteiger partial charge is 0.326 e. The normalized spacial score (nSPS) is 17.3. The number of hydrogen-bond acceptors (Lipinski definition) is 23. The zero-order valence-electron chi connectivity index (χ0n) is 66.6. The van der Waals surface area contributed by atoms with E-state index in [2.05, 4.69) is 69.1 Å². The molecule has 2 fully saturated rings. The van der Waals surface area contributed by atoms with E-state index >= 15 is 0 Å². The number of aliphatic carboxylic acids is 2. The van der Waals surface area contributed by atoms with Gasteiger partial charge in [-0.3, -0.25) is 86.9 Å². The lowest BCUT2D eigenvalue weighted by atomic mass is 10.0. The predicted octanol–water partition coefficient (Wildman–Crippen LogP) is -7.36. The Morgan fingerprint density at radius 2 is 0.728 bits per heavy atom. The van der Waals surface area contributed by atoms with Crippen molar-refractivity contribution in [1.29, 1.82) is 5.41 Å². The first-order valence-corrected chi connectivity index (χ1v) is 38.8. The summed E-state index contributed by atoms with van der Waals surface area (Å²) in [6.45, 7) is 12.4. The van der Waals surface area contributed by atoms with Gasteiger partial charge in [-0.25, -0.2) is 4.79 Å². The van der Waals surface area contributed by atoms with Gasteiger partial charge in [0.2, 0.25) is 94.5 Å². The Kier molecular flexibility index (Phi) is 44.9. The molecule has 2 aliphatic rings. The van der Waals surface area contributed by atoms with Crippen LogP contribution in [-0.4, -0.2) is 262 Å². The summed E-state index contributed by atoms with van der Waals surface area (Å²) in [5.74, 6) is -17.9. The molecule has 30 N–H and O–H groups in total. The number of unbranched alkanes of at least 4 members (excludes halogenated alkanes) is 3. The molecule has 15 atom stereocenters. The minimum absolute atomic E-state index is 0.0282. The molecular formula is C71H125N23O20. The van der Waals surface area contributed by atoms with Gasteiger partial charge >= 0.3 is 11.9 Å². The molecule has 0 aliphatic carbocycles. The fraction of sp³-hybridized carbons (Fsp3) is 0.732. The van der Waals surface area contributed by atoms with Crippen LogP contribution in [0.4, 0.5) is 0 Å². The number of carboxylic acids is 2. The molecule has 0 unspecified atom stereocenters. The van der Waals surface area contributed by atoms with Gasteiger partial charge in [-0.15, -0.1) is 0 Å². The van der Waals surface area contributed by atoms with Crippen LogP contribution in [0.1, 0.15) is 190 Å². The van der Waals surface area contributed by atoms with Crippen LogP contribution in [0.3, 0.4) is 0 Å². The Morgan fingerprint density at radius 1 is 0.377 bits per heavy atom. The van der Waals surface area contributed by atoms with Crippen LogP contribution in [0.25, 0.3) is 0 Å². The van der Waals surface area contributed by atoms with Gasteiger partial charge in [-0.05, 0) is 168 Å². The molecule has 114 heavy (non-hydrogen) atoms. The highest BCUT2D eigenvalue weighted by Gasteiger charge is 2.44. The molecule has 43 nitrogen and oxygen atoms in total. The Balaban J connectivity index is 2.32. The van der Waals surface area contributed by atoms with E-state index in [4.69, 9.17) is 45.5 Å². The fourth-order valence-corrected chi connectivity index (χ4v) is 12.4. The van der Waals surface area contributed by atoms with Crippen LogP contribution in [0.2, 0.25) is 0 Å². The summed E-state index contributed by atoms with van der Waals surface area (Å²) in [6, 6.07) is -20.2. The van der Waals surface area contributed by atoms with E-state index in [1.54, 1.807) is 27.7 Å². The number of carbonyl (C=O) groups is 18. The number of nitrogens with zero attached hydrogens (tertiary/aromatic N) is 2. The van der Waals surface area contributed by atoms with Crippen molar-refractivity contribution in [3.05, 3.63) is 0 Å². The molecule has 2 saturated heterocycles.